The van der Waals surface area contributed by atoms with Crippen LogP contribution in [0.5, 0.6) is 5.75 Å². The number of carbonyl (C=O) groups is 1. The van der Waals surface area contributed by atoms with Crippen LogP contribution >= 0.6 is 11.6 Å². The number of halogens is 1. The zero-order valence-electron chi connectivity index (χ0n) is 11.7. The maximum absolute atomic E-state index is 12.5. The molecule has 0 aromatic heterocycles. The molecule has 0 aliphatic carbocycles. The minimum Gasteiger partial charge on any atom is -0.496 e. The molecule has 0 aliphatic rings. The lowest BCUT2D eigenvalue weighted by Gasteiger charge is -2.08. The first kappa shape index (κ1) is 14.6. The molecule has 0 saturated heterocycles. The van der Waals surface area contributed by atoms with E-state index in [1.165, 1.54) is 5.56 Å². The zero-order valence-corrected chi connectivity index (χ0v) is 12.4. The summed E-state index contributed by atoms with van der Waals surface area (Å²) in [6.07, 6.45) is 2.12. The number of ketones is 1. The third-order valence-corrected chi connectivity index (χ3v) is 3.40. The van der Waals surface area contributed by atoms with Crippen molar-refractivity contribution in [3.8, 4) is 5.75 Å². The molecule has 0 N–H and O–H groups in total. The fourth-order valence-electron chi connectivity index (χ4n) is 2.12. The summed E-state index contributed by atoms with van der Waals surface area (Å²) in [5.41, 5.74) is 2.37. The Bertz CT molecular complexity index is 603. The van der Waals surface area contributed by atoms with Gasteiger partial charge in [0.15, 0.2) is 5.78 Å². The van der Waals surface area contributed by atoms with Crippen LogP contribution in [0.25, 0.3) is 0 Å². The molecule has 0 fully saturated rings. The minimum atomic E-state index is -0.0765. The first-order chi connectivity index (χ1) is 9.65. The van der Waals surface area contributed by atoms with Crippen molar-refractivity contribution in [3.05, 3.63) is 64.2 Å². The number of carbonyl (C=O) groups excluding carboxylic acids is 1. The number of ether oxygens (including phenoxy) is 1. The fourth-order valence-corrected chi connectivity index (χ4v) is 2.30. The summed E-state index contributed by atoms with van der Waals surface area (Å²) in [5, 5.41) is 0.525. The Morgan fingerprint density at radius 3 is 2.45 bits per heavy atom. The van der Waals surface area contributed by atoms with Crippen LogP contribution in [-0.4, -0.2) is 12.9 Å². The standard InChI is InChI=1S/C17H17ClO2/c1-3-4-12-5-7-13(8-6-12)17(19)15-11-14(18)9-10-16(15)20-2/h5-11H,3-4H2,1-2H3. The van der Waals surface area contributed by atoms with Crippen molar-refractivity contribution in [3.63, 3.8) is 0 Å². The number of methoxy groups -OCH3 is 1. The summed E-state index contributed by atoms with van der Waals surface area (Å²) >= 11 is 5.96. The first-order valence-corrected chi connectivity index (χ1v) is 7.00. The van der Waals surface area contributed by atoms with Crippen molar-refractivity contribution in [2.45, 2.75) is 19.8 Å². The lowest BCUT2D eigenvalue weighted by molar-refractivity contribution is 0.103. The van der Waals surface area contributed by atoms with Crippen molar-refractivity contribution in [1.29, 1.82) is 0 Å². The van der Waals surface area contributed by atoms with Gasteiger partial charge in [-0.2, -0.15) is 0 Å². The molecule has 2 nitrogen and oxygen atoms in total. The fraction of sp³-hybridized carbons (Fsp3) is 0.235. The molecule has 0 bridgehead atoms. The van der Waals surface area contributed by atoms with E-state index in [-0.39, 0.29) is 5.78 Å². The molecule has 0 saturated carbocycles. The van der Waals surface area contributed by atoms with E-state index < -0.39 is 0 Å². The van der Waals surface area contributed by atoms with E-state index in [1.54, 1.807) is 25.3 Å². The van der Waals surface area contributed by atoms with Gasteiger partial charge < -0.3 is 4.74 Å². The Morgan fingerprint density at radius 2 is 1.85 bits per heavy atom. The Balaban J connectivity index is 2.33. The van der Waals surface area contributed by atoms with E-state index in [2.05, 4.69) is 6.92 Å². The molecular formula is C17H17ClO2. The summed E-state index contributed by atoms with van der Waals surface area (Å²) in [7, 11) is 1.55. The summed E-state index contributed by atoms with van der Waals surface area (Å²) < 4.78 is 5.23. The van der Waals surface area contributed by atoms with Gasteiger partial charge in [-0.25, -0.2) is 0 Å². The molecule has 0 atom stereocenters. The average Bonchev–Trinajstić information content (AvgIpc) is 2.47. The molecule has 3 heteroatoms. The second kappa shape index (κ2) is 6.58. The number of rotatable bonds is 5. The number of benzene rings is 2. The van der Waals surface area contributed by atoms with Crippen LogP contribution in [-0.2, 0) is 6.42 Å². The maximum Gasteiger partial charge on any atom is 0.196 e. The molecular weight excluding hydrogens is 272 g/mol. The van der Waals surface area contributed by atoms with E-state index >= 15 is 0 Å². The quantitative estimate of drug-likeness (QED) is 0.756. The topological polar surface area (TPSA) is 26.3 Å². The third-order valence-electron chi connectivity index (χ3n) is 3.16. The monoisotopic (exact) mass is 288 g/mol. The highest BCUT2D eigenvalue weighted by Gasteiger charge is 2.14. The smallest absolute Gasteiger partial charge is 0.196 e. The Morgan fingerprint density at radius 1 is 1.15 bits per heavy atom. The van der Waals surface area contributed by atoms with Gasteiger partial charge >= 0.3 is 0 Å². The number of aryl methyl sites for hydroxylation is 1. The molecule has 2 aromatic carbocycles. The number of hydrogen-bond donors (Lipinski definition) is 0. The molecule has 2 rings (SSSR count). The van der Waals surface area contributed by atoms with Crippen LogP contribution in [0.4, 0.5) is 0 Å². The van der Waals surface area contributed by atoms with Crippen molar-refractivity contribution in [2.75, 3.05) is 7.11 Å². The second-order valence-electron chi connectivity index (χ2n) is 4.62. The minimum absolute atomic E-state index is 0.0765. The van der Waals surface area contributed by atoms with Gasteiger partial charge in [-0.1, -0.05) is 49.2 Å². The highest BCUT2D eigenvalue weighted by molar-refractivity contribution is 6.31. The van der Waals surface area contributed by atoms with Gasteiger partial charge in [0.05, 0.1) is 12.7 Å². The lowest BCUT2D eigenvalue weighted by atomic mass is 10.00. The second-order valence-corrected chi connectivity index (χ2v) is 5.06. The van der Waals surface area contributed by atoms with Gasteiger partial charge in [0, 0.05) is 10.6 Å². The SMILES string of the molecule is CCCc1ccc(C(=O)c2cc(Cl)ccc2OC)cc1. The van der Waals surface area contributed by atoms with Crippen LogP contribution in [0, 0.1) is 0 Å². The highest BCUT2D eigenvalue weighted by atomic mass is 35.5. The van der Waals surface area contributed by atoms with E-state index in [9.17, 15) is 4.79 Å². The van der Waals surface area contributed by atoms with Gasteiger partial charge in [0.2, 0.25) is 0 Å². The Hall–Kier alpha value is -1.80. The van der Waals surface area contributed by atoms with Crippen LogP contribution in [0.3, 0.4) is 0 Å². The Kier molecular flexibility index (Phi) is 4.80. The van der Waals surface area contributed by atoms with E-state index in [0.717, 1.165) is 12.8 Å². The highest BCUT2D eigenvalue weighted by Crippen LogP contribution is 2.25. The van der Waals surface area contributed by atoms with Crippen molar-refractivity contribution >= 4 is 17.4 Å². The normalized spacial score (nSPS) is 10.3. The molecule has 0 unspecified atom stereocenters. The van der Waals surface area contributed by atoms with Gasteiger partial charge in [0.25, 0.3) is 0 Å². The molecule has 0 heterocycles. The zero-order chi connectivity index (χ0) is 14.5. The summed E-state index contributed by atoms with van der Waals surface area (Å²) in [5.74, 6) is 0.462. The Labute approximate surface area is 124 Å². The molecule has 0 aliphatic heterocycles. The van der Waals surface area contributed by atoms with E-state index in [4.69, 9.17) is 16.3 Å². The van der Waals surface area contributed by atoms with Crippen molar-refractivity contribution < 1.29 is 9.53 Å². The van der Waals surface area contributed by atoms with E-state index in [0.29, 0.717) is 21.9 Å². The van der Waals surface area contributed by atoms with E-state index in [1.807, 2.05) is 24.3 Å². The van der Waals surface area contributed by atoms with Crippen molar-refractivity contribution in [1.82, 2.24) is 0 Å². The van der Waals surface area contributed by atoms with Crippen LogP contribution < -0.4 is 4.74 Å². The molecule has 0 radical (unpaired) electrons. The van der Waals surface area contributed by atoms with Crippen LogP contribution in [0.1, 0.15) is 34.8 Å². The van der Waals surface area contributed by atoms with Crippen LogP contribution in [0.15, 0.2) is 42.5 Å². The largest absolute Gasteiger partial charge is 0.496 e. The first-order valence-electron chi connectivity index (χ1n) is 6.63. The molecule has 2 aromatic rings. The van der Waals surface area contributed by atoms with Crippen LogP contribution in [0.2, 0.25) is 5.02 Å². The molecule has 20 heavy (non-hydrogen) atoms. The summed E-state index contributed by atoms with van der Waals surface area (Å²) in [6.45, 7) is 2.13. The maximum atomic E-state index is 12.5. The predicted octanol–water partition coefficient (Wildman–Crippen LogP) is 4.53. The summed E-state index contributed by atoms with van der Waals surface area (Å²) in [6, 6.07) is 12.8. The van der Waals surface area contributed by atoms with Gasteiger partial charge in [0.1, 0.15) is 5.75 Å². The molecule has 104 valence electrons. The molecule has 0 spiro atoms. The predicted molar refractivity (Wildman–Crippen MR) is 81.9 cm³/mol. The third kappa shape index (κ3) is 3.20. The average molecular weight is 289 g/mol. The van der Waals surface area contributed by atoms with Gasteiger partial charge in [-0.05, 0) is 30.2 Å². The lowest BCUT2D eigenvalue weighted by Crippen LogP contribution is -2.04. The van der Waals surface area contributed by atoms with Gasteiger partial charge in [-0.3, -0.25) is 4.79 Å². The number of hydrogen-bond acceptors (Lipinski definition) is 2. The van der Waals surface area contributed by atoms with Crippen molar-refractivity contribution in [2.24, 2.45) is 0 Å². The summed E-state index contributed by atoms with van der Waals surface area (Å²) in [4.78, 5) is 12.5. The van der Waals surface area contributed by atoms with Gasteiger partial charge in [-0.15, -0.1) is 0 Å². The molecule has 0 amide bonds.